The van der Waals surface area contributed by atoms with Crippen molar-refractivity contribution in [1.29, 1.82) is 0 Å². The van der Waals surface area contributed by atoms with Crippen molar-refractivity contribution in [1.82, 2.24) is 9.55 Å². The van der Waals surface area contributed by atoms with Gasteiger partial charge in [0.1, 0.15) is 11.5 Å². The van der Waals surface area contributed by atoms with Crippen LogP contribution >= 0.6 is 0 Å². The van der Waals surface area contributed by atoms with Crippen molar-refractivity contribution in [3.05, 3.63) is 84.5 Å². The molecule has 3 nitrogen and oxygen atoms in total. The van der Waals surface area contributed by atoms with Gasteiger partial charge in [0.15, 0.2) is 0 Å². The van der Waals surface area contributed by atoms with Gasteiger partial charge in [0.05, 0.1) is 6.33 Å². The Kier molecular flexibility index (Phi) is 6.05. The number of nitrogens with zero attached hydrogens (tertiary/aromatic N) is 2. The van der Waals surface area contributed by atoms with Crippen LogP contribution in [0.1, 0.15) is 31.7 Å². The second-order valence-electron chi connectivity index (χ2n) is 6.13. The molecule has 25 heavy (non-hydrogen) atoms. The predicted molar refractivity (Wildman–Crippen MR) is 103 cm³/mol. The zero-order valence-corrected chi connectivity index (χ0v) is 14.6. The first kappa shape index (κ1) is 17.0. The number of hydrogen-bond acceptors (Lipinski definition) is 2. The van der Waals surface area contributed by atoms with Crippen molar-refractivity contribution in [2.75, 3.05) is 0 Å². The van der Waals surface area contributed by atoms with Gasteiger partial charge in [-0.05, 0) is 48.2 Å². The van der Waals surface area contributed by atoms with Gasteiger partial charge in [-0.1, -0.05) is 49.8 Å². The number of aromatic nitrogens is 2. The molecular formula is C22H24N2O. The first-order valence-corrected chi connectivity index (χ1v) is 8.81. The van der Waals surface area contributed by atoms with Crippen molar-refractivity contribution in [3.63, 3.8) is 0 Å². The Balaban J connectivity index is 1.70. The molecule has 1 heterocycles. The Morgan fingerprint density at radius 1 is 1.04 bits per heavy atom. The minimum atomic E-state index is 0.855. The van der Waals surface area contributed by atoms with Gasteiger partial charge in [-0.3, -0.25) is 0 Å². The van der Waals surface area contributed by atoms with E-state index in [0.717, 1.165) is 24.5 Å². The summed E-state index contributed by atoms with van der Waals surface area (Å²) in [5.74, 6) is 1.71. The summed E-state index contributed by atoms with van der Waals surface area (Å²) in [5.41, 5.74) is 2.61. The van der Waals surface area contributed by atoms with Crippen molar-refractivity contribution in [2.45, 2.75) is 32.7 Å². The van der Waals surface area contributed by atoms with E-state index >= 15 is 0 Å². The lowest BCUT2D eigenvalue weighted by molar-refractivity contribution is 0.482. The summed E-state index contributed by atoms with van der Waals surface area (Å²) in [5, 5.41) is 0. The molecule has 1 aromatic heterocycles. The van der Waals surface area contributed by atoms with Crippen LogP contribution in [0.25, 0.3) is 6.08 Å². The average molecular weight is 332 g/mol. The molecule has 0 radical (unpaired) electrons. The highest BCUT2D eigenvalue weighted by Gasteiger charge is 2.01. The van der Waals surface area contributed by atoms with Gasteiger partial charge in [-0.15, -0.1) is 0 Å². The maximum absolute atomic E-state index is 5.86. The number of imidazole rings is 1. The van der Waals surface area contributed by atoms with E-state index in [-0.39, 0.29) is 0 Å². The molecule has 3 heteroatoms. The minimum Gasteiger partial charge on any atom is -0.457 e. The molecule has 0 unspecified atom stereocenters. The minimum absolute atomic E-state index is 0.855. The molecule has 0 aliphatic carbocycles. The predicted octanol–water partition coefficient (Wildman–Crippen LogP) is 5.95. The Hall–Kier alpha value is -2.81. The molecule has 0 bridgehead atoms. The van der Waals surface area contributed by atoms with Gasteiger partial charge in [-0.2, -0.15) is 0 Å². The second-order valence-corrected chi connectivity index (χ2v) is 6.13. The normalized spacial score (nSPS) is 11.5. The van der Waals surface area contributed by atoms with Gasteiger partial charge in [-0.25, -0.2) is 4.98 Å². The lowest BCUT2D eigenvalue weighted by Crippen LogP contribution is -1.98. The molecule has 3 rings (SSSR count). The number of para-hydroxylation sites is 1. The number of hydrogen-bond donors (Lipinski definition) is 0. The maximum atomic E-state index is 5.86. The third-order valence-electron chi connectivity index (χ3n) is 4.03. The highest BCUT2D eigenvalue weighted by Crippen LogP contribution is 2.22. The number of allylic oxidation sites excluding steroid dienone is 1. The number of ether oxygens (including phenoxy) is 1. The SMILES string of the molecule is CCCCC(=Cc1ccc(Oc2ccccc2)cc1)Cn1ccnc1. The molecule has 0 atom stereocenters. The van der Waals surface area contributed by atoms with E-state index in [4.69, 9.17) is 4.74 Å². The lowest BCUT2D eigenvalue weighted by Gasteiger charge is -2.09. The summed E-state index contributed by atoms with van der Waals surface area (Å²) in [6.07, 6.45) is 11.5. The van der Waals surface area contributed by atoms with E-state index in [0.29, 0.717) is 0 Å². The Labute approximate surface area is 149 Å². The summed E-state index contributed by atoms with van der Waals surface area (Å²) >= 11 is 0. The molecule has 0 aliphatic heterocycles. The fourth-order valence-electron chi connectivity index (χ4n) is 2.71. The topological polar surface area (TPSA) is 27.1 Å². The van der Waals surface area contributed by atoms with Crippen molar-refractivity contribution < 1.29 is 4.74 Å². The number of benzene rings is 2. The molecule has 0 N–H and O–H groups in total. The van der Waals surface area contributed by atoms with Crippen LogP contribution in [0.15, 0.2) is 78.9 Å². The van der Waals surface area contributed by atoms with Gasteiger partial charge >= 0.3 is 0 Å². The third kappa shape index (κ3) is 5.35. The van der Waals surface area contributed by atoms with Crippen LogP contribution < -0.4 is 4.74 Å². The third-order valence-corrected chi connectivity index (χ3v) is 4.03. The summed E-state index contributed by atoms with van der Waals surface area (Å²) in [6.45, 7) is 3.12. The van der Waals surface area contributed by atoms with Gasteiger partial charge < -0.3 is 9.30 Å². The standard InChI is InChI=1S/C22H24N2O/c1-2-3-7-20(17-24-15-14-23-18-24)16-19-10-12-22(13-11-19)25-21-8-5-4-6-9-21/h4-6,8-16,18H,2-3,7,17H2,1H3. The second kappa shape index (κ2) is 8.88. The average Bonchev–Trinajstić information content (AvgIpc) is 3.15. The lowest BCUT2D eigenvalue weighted by atomic mass is 10.0. The molecule has 2 aromatic carbocycles. The highest BCUT2D eigenvalue weighted by molar-refractivity contribution is 5.54. The molecular weight excluding hydrogens is 308 g/mol. The summed E-state index contributed by atoms with van der Waals surface area (Å²) < 4.78 is 7.97. The van der Waals surface area contributed by atoms with E-state index in [2.05, 4.69) is 34.7 Å². The summed E-state index contributed by atoms with van der Waals surface area (Å²) in [6, 6.07) is 18.1. The van der Waals surface area contributed by atoms with Crippen LogP contribution in [0, 0.1) is 0 Å². The van der Waals surface area contributed by atoms with Crippen LogP contribution in [-0.4, -0.2) is 9.55 Å². The molecule has 0 aliphatic rings. The van der Waals surface area contributed by atoms with E-state index < -0.39 is 0 Å². The van der Waals surface area contributed by atoms with Crippen LogP contribution in [0.4, 0.5) is 0 Å². The first-order valence-electron chi connectivity index (χ1n) is 8.81. The van der Waals surface area contributed by atoms with Crippen LogP contribution in [-0.2, 0) is 6.54 Å². The van der Waals surface area contributed by atoms with Gasteiger partial charge in [0.2, 0.25) is 0 Å². The van der Waals surface area contributed by atoms with E-state index in [1.165, 1.54) is 24.0 Å². The Morgan fingerprint density at radius 2 is 1.80 bits per heavy atom. The maximum Gasteiger partial charge on any atom is 0.127 e. The molecule has 0 saturated heterocycles. The van der Waals surface area contributed by atoms with E-state index in [1.54, 1.807) is 0 Å². The molecule has 0 saturated carbocycles. The largest absolute Gasteiger partial charge is 0.457 e. The Morgan fingerprint density at radius 3 is 2.48 bits per heavy atom. The summed E-state index contributed by atoms with van der Waals surface area (Å²) in [4.78, 5) is 4.13. The Bertz CT molecular complexity index is 775. The summed E-state index contributed by atoms with van der Waals surface area (Å²) in [7, 11) is 0. The van der Waals surface area contributed by atoms with Crippen LogP contribution in [0.2, 0.25) is 0 Å². The molecule has 0 spiro atoms. The van der Waals surface area contributed by atoms with Gasteiger partial charge in [0, 0.05) is 18.9 Å². The quantitative estimate of drug-likeness (QED) is 0.510. The zero-order valence-electron chi connectivity index (χ0n) is 14.6. The van der Waals surface area contributed by atoms with E-state index in [9.17, 15) is 0 Å². The fraction of sp³-hybridized carbons (Fsp3) is 0.227. The number of unbranched alkanes of at least 4 members (excludes halogenated alkanes) is 1. The number of rotatable bonds is 8. The van der Waals surface area contributed by atoms with Crippen LogP contribution in [0.5, 0.6) is 11.5 Å². The van der Waals surface area contributed by atoms with Crippen molar-refractivity contribution in [2.24, 2.45) is 0 Å². The smallest absolute Gasteiger partial charge is 0.127 e. The monoisotopic (exact) mass is 332 g/mol. The van der Waals surface area contributed by atoms with E-state index in [1.807, 2.05) is 61.2 Å². The van der Waals surface area contributed by atoms with Gasteiger partial charge in [0.25, 0.3) is 0 Å². The van der Waals surface area contributed by atoms with Crippen molar-refractivity contribution in [3.8, 4) is 11.5 Å². The highest BCUT2D eigenvalue weighted by atomic mass is 16.5. The molecule has 3 aromatic rings. The fourth-order valence-corrected chi connectivity index (χ4v) is 2.71. The first-order chi connectivity index (χ1) is 12.3. The molecule has 0 amide bonds. The van der Waals surface area contributed by atoms with Crippen LogP contribution in [0.3, 0.4) is 0 Å². The van der Waals surface area contributed by atoms with Crippen molar-refractivity contribution >= 4 is 6.08 Å². The zero-order chi connectivity index (χ0) is 17.3. The molecule has 128 valence electrons. The molecule has 0 fully saturated rings.